The summed E-state index contributed by atoms with van der Waals surface area (Å²) in [6.07, 6.45) is 0. The first-order valence-corrected chi connectivity index (χ1v) is 4.08. The van der Waals surface area contributed by atoms with E-state index >= 15 is 0 Å². The van der Waals surface area contributed by atoms with E-state index in [4.69, 9.17) is 27.9 Å². The number of aryl methyl sites for hydroxylation is 1. The zero-order valence-electron chi connectivity index (χ0n) is 5.52. The minimum atomic E-state index is 0.483. The molecule has 0 saturated heterocycles. The summed E-state index contributed by atoms with van der Waals surface area (Å²) >= 11 is 12.8. The first kappa shape index (κ1) is 8.11. The Hall–Kier alpha value is 0.01000. The standard InChI is InChI=1S/C5H6Cl2NOS/c1-8-5(9-2)3(6)4(7)10-8/h1-2H3/q+1. The summed E-state index contributed by atoms with van der Waals surface area (Å²) in [5.41, 5.74) is 0. The molecule has 0 saturated carbocycles. The quantitative estimate of drug-likeness (QED) is 0.629. The Morgan fingerprint density at radius 3 is 2.30 bits per heavy atom. The van der Waals surface area contributed by atoms with Crippen LogP contribution in [0.4, 0.5) is 0 Å². The lowest BCUT2D eigenvalue weighted by molar-refractivity contribution is -0.607. The molecule has 0 aromatic carbocycles. The molecule has 1 heterocycles. The van der Waals surface area contributed by atoms with Crippen LogP contribution in [0.5, 0.6) is 5.88 Å². The number of aromatic nitrogens is 1. The lowest BCUT2D eigenvalue weighted by Gasteiger charge is -1.87. The van der Waals surface area contributed by atoms with Crippen LogP contribution in [0.15, 0.2) is 0 Å². The summed E-state index contributed by atoms with van der Waals surface area (Å²) in [5, 5.41) is 0.483. The largest absolute Gasteiger partial charge is 0.446 e. The van der Waals surface area contributed by atoms with E-state index in [0.717, 1.165) is 0 Å². The highest BCUT2D eigenvalue weighted by atomic mass is 35.5. The topological polar surface area (TPSA) is 13.1 Å². The number of rotatable bonds is 1. The van der Waals surface area contributed by atoms with Crippen molar-refractivity contribution in [2.75, 3.05) is 7.11 Å². The Morgan fingerprint density at radius 1 is 1.50 bits per heavy atom. The summed E-state index contributed by atoms with van der Waals surface area (Å²) in [5.74, 6) is 0.608. The van der Waals surface area contributed by atoms with E-state index < -0.39 is 0 Å². The average molecular weight is 199 g/mol. The van der Waals surface area contributed by atoms with Gasteiger partial charge in [0.2, 0.25) is 0 Å². The maximum absolute atomic E-state index is 5.75. The van der Waals surface area contributed by atoms with Crippen LogP contribution in [-0.2, 0) is 7.05 Å². The lowest BCUT2D eigenvalue weighted by atomic mass is 10.7. The first-order chi connectivity index (χ1) is 4.66. The molecule has 0 atom stereocenters. The smallest absolute Gasteiger partial charge is 0.402 e. The van der Waals surface area contributed by atoms with Gasteiger partial charge in [-0.1, -0.05) is 23.2 Å². The lowest BCUT2D eigenvalue weighted by Crippen LogP contribution is -2.23. The number of hydrogen-bond acceptors (Lipinski definition) is 2. The summed E-state index contributed by atoms with van der Waals surface area (Å²) in [4.78, 5) is 0. The van der Waals surface area contributed by atoms with Crippen LogP contribution >= 0.6 is 34.7 Å². The van der Waals surface area contributed by atoms with Crippen LogP contribution in [0.3, 0.4) is 0 Å². The maximum Gasteiger partial charge on any atom is 0.402 e. The van der Waals surface area contributed by atoms with Gasteiger partial charge in [0.05, 0.1) is 7.11 Å². The minimum absolute atomic E-state index is 0.483. The summed E-state index contributed by atoms with van der Waals surface area (Å²) in [6.45, 7) is 0. The van der Waals surface area contributed by atoms with Crippen molar-refractivity contribution < 1.29 is 8.69 Å². The Labute approximate surface area is 73.1 Å². The Balaban J connectivity index is 3.20. The van der Waals surface area contributed by atoms with Gasteiger partial charge in [0.1, 0.15) is 0 Å². The van der Waals surface area contributed by atoms with Crippen LogP contribution < -0.4 is 8.69 Å². The van der Waals surface area contributed by atoms with Crippen molar-refractivity contribution >= 4 is 34.7 Å². The van der Waals surface area contributed by atoms with Gasteiger partial charge in [0.25, 0.3) is 0 Å². The first-order valence-electron chi connectivity index (χ1n) is 2.55. The molecular formula is C5H6Cl2NOS+. The molecule has 1 rings (SSSR count). The molecular weight excluding hydrogens is 193 g/mol. The SMILES string of the molecule is COc1c(Cl)c(Cl)s[n+]1C. The van der Waals surface area contributed by atoms with Crippen molar-refractivity contribution in [1.82, 2.24) is 0 Å². The molecule has 56 valence electrons. The van der Waals surface area contributed by atoms with Crippen molar-refractivity contribution in [3.63, 3.8) is 0 Å². The predicted octanol–water partition coefficient (Wildman–Crippen LogP) is 1.89. The number of ether oxygens (including phenoxy) is 1. The Kier molecular flexibility index (Phi) is 2.39. The van der Waals surface area contributed by atoms with E-state index in [0.29, 0.717) is 15.2 Å². The van der Waals surface area contributed by atoms with Gasteiger partial charge in [-0.05, 0) is 0 Å². The molecule has 1 aromatic rings. The van der Waals surface area contributed by atoms with Crippen molar-refractivity contribution in [1.29, 1.82) is 0 Å². The molecule has 5 heteroatoms. The second-order valence-electron chi connectivity index (χ2n) is 1.69. The molecule has 0 aliphatic rings. The van der Waals surface area contributed by atoms with E-state index in [1.807, 2.05) is 7.05 Å². The zero-order chi connectivity index (χ0) is 7.72. The number of halogens is 2. The summed E-state index contributed by atoms with van der Waals surface area (Å²) < 4.78 is 7.28. The third kappa shape index (κ3) is 1.21. The van der Waals surface area contributed by atoms with E-state index in [-0.39, 0.29) is 0 Å². The second kappa shape index (κ2) is 2.95. The van der Waals surface area contributed by atoms with Crippen molar-refractivity contribution in [2.24, 2.45) is 7.05 Å². The minimum Gasteiger partial charge on any atom is -0.446 e. The number of nitrogens with zero attached hydrogens (tertiary/aromatic N) is 1. The highest BCUT2D eigenvalue weighted by Crippen LogP contribution is 2.32. The molecule has 0 spiro atoms. The summed E-state index contributed by atoms with van der Waals surface area (Å²) in [7, 11) is 3.39. The molecule has 0 aliphatic heterocycles. The van der Waals surface area contributed by atoms with Gasteiger partial charge < -0.3 is 4.74 Å². The van der Waals surface area contributed by atoms with Crippen molar-refractivity contribution in [3.05, 3.63) is 9.36 Å². The Morgan fingerprint density at radius 2 is 2.10 bits per heavy atom. The molecule has 2 nitrogen and oxygen atoms in total. The zero-order valence-corrected chi connectivity index (χ0v) is 7.85. The number of hydrogen-bond donors (Lipinski definition) is 0. The van der Waals surface area contributed by atoms with Gasteiger partial charge in [0.15, 0.2) is 27.9 Å². The second-order valence-corrected chi connectivity index (χ2v) is 3.80. The molecule has 0 fully saturated rings. The van der Waals surface area contributed by atoms with Gasteiger partial charge in [-0.15, -0.1) is 3.96 Å². The van der Waals surface area contributed by atoms with Crippen molar-refractivity contribution in [2.45, 2.75) is 0 Å². The van der Waals surface area contributed by atoms with Crippen molar-refractivity contribution in [3.8, 4) is 5.88 Å². The molecule has 1 aromatic heterocycles. The third-order valence-corrected chi connectivity index (χ3v) is 2.82. The van der Waals surface area contributed by atoms with Gasteiger partial charge in [-0.3, -0.25) is 0 Å². The van der Waals surface area contributed by atoms with Gasteiger partial charge >= 0.3 is 5.88 Å². The highest BCUT2D eigenvalue weighted by Gasteiger charge is 2.21. The van der Waals surface area contributed by atoms with Crippen LogP contribution in [0.25, 0.3) is 0 Å². The monoisotopic (exact) mass is 198 g/mol. The molecule has 0 bridgehead atoms. The fraction of sp³-hybridized carbons (Fsp3) is 0.400. The molecule has 0 N–H and O–H groups in total. The van der Waals surface area contributed by atoms with E-state index in [2.05, 4.69) is 0 Å². The fourth-order valence-electron chi connectivity index (χ4n) is 0.642. The normalized spacial score (nSPS) is 10.0. The molecule has 0 radical (unpaired) electrons. The van der Waals surface area contributed by atoms with Crippen LogP contribution in [0.2, 0.25) is 9.36 Å². The number of methoxy groups -OCH3 is 1. The molecule has 0 amide bonds. The van der Waals surface area contributed by atoms with E-state index in [1.54, 1.807) is 11.1 Å². The predicted molar refractivity (Wildman–Crippen MR) is 42.1 cm³/mol. The highest BCUT2D eigenvalue weighted by molar-refractivity contribution is 7.07. The maximum atomic E-state index is 5.75. The van der Waals surface area contributed by atoms with E-state index in [1.165, 1.54) is 11.5 Å². The van der Waals surface area contributed by atoms with Gasteiger partial charge in [0, 0.05) is 0 Å². The molecule has 0 unspecified atom stereocenters. The van der Waals surface area contributed by atoms with Crippen LogP contribution in [0.1, 0.15) is 0 Å². The molecule has 10 heavy (non-hydrogen) atoms. The summed E-state index contributed by atoms with van der Waals surface area (Å²) in [6, 6.07) is 0. The third-order valence-electron chi connectivity index (χ3n) is 1.06. The fourth-order valence-corrected chi connectivity index (χ4v) is 2.05. The van der Waals surface area contributed by atoms with Crippen LogP contribution in [0, 0.1) is 0 Å². The Bertz CT molecular complexity index is 248. The van der Waals surface area contributed by atoms with E-state index in [9.17, 15) is 0 Å². The van der Waals surface area contributed by atoms with Crippen LogP contribution in [-0.4, -0.2) is 7.11 Å². The average Bonchev–Trinajstić information content (AvgIpc) is 2.09. The van der Waals surface area contributed by atoms with Gasteiger partial charge in [-0.2, -0.15) is 0 Å². The van der Waals surface area contributed by atoms with Gasteiger partial charge in [-0.25, -0.2) is 0 Å². The molecule has 0 aliphatic carbocycles.